The molecule has 0 aliphatic heterocycles. The van der Waals surface area contributed by atoms with Gasteiger partial charge in [-0.15, -0.1) is 0 Å². The zero-order valence-corrected chi connectivity index (χ0v) is 14.9. The molecule has 0 aliphatic rings. The van der Waals surface area contributed by atoms with Gasteiger partial charge in [0.1, 0.15) is 18.8 Å². The number of carbonyl (C=O) groups excluding carboxylic acids is 2. The van der Waals surface area contributed by atoms with Gasteiger partial charge in [-0.25, -0.2) is 9.59 Å². The first kappa shape index (κ1) is 19.2. The molecular formula is C19H21NO6. The van der Waals surface area contributed by atoms with E-state index in [-0.39, 0.29) is 24.2 Å². The lowest BCUT2D eigenvalue weighted by molar-refractivity contribution is -0.0109. The Morgan fingerprint density at radius 2 is 1.69 bits per heavy atom. The second kappa shape index (κ2) is 8.33. The Labute approximate surface area is 151 Å². The van der Waals surface area contributed by atoms with Crippen LogP contribution in [0.4, 0.5) is 9.59 Å². The lowest BCUT2D eigenvalue weighted by Crippen LogP contribution is -2.25. The first-order valence-electron chi connectivity index (χ1n) is 8.02. The first-order chi connectivity index (χ1) is 12.2. The van der Waals surface area contributed by atoms with Gasteiger partial charge < -0.3 is 14.2 Å². The molecule has 26 heavy (non-hydrogen) atoms. The molecule has 7 heteroatoms. The van der Waals surface area contributed by atoms with Gasteiger partial charge in [0.05, 0.1) is 5.56 Å². The number of nitrogens with zero attached hydrogens (tertiary/aromatic N) is 1. The van der Waals surface area contributed by atoms with E-state index in [1.807, 2.05) is 30.3 Å². The van der Waals surface area contributed by atoms with Crippen molar-refractivity contribution in [2.45, 2.75) is 39.6 Å². The Kier molecular flexibility index (Phi) is 6.16. The van der Waals surface area contributed by atoms with Crippen LogP contribution < -0.4 is 5.43 Å². The third kappa shape index (κ3) is 6.08. The summed E-state index contributed by atoms with van der Waals surface area (Å²) in [5, 5.41) is 0. The molecule has 1 aromatic heterocycles. The van der Waals surface area contributed by atoms with E-state index in [0.29, 0.717) is 0 Å². The van der Waals surface area contributed by atoms with Gasteiger partial charge in [-0.1, -0.05) is 30.3 Å². The van der Waals surface area contributed by atoms with Gasteiger partial charge in [-0.2, -0.15) is 0 Å². The maximum absolute atomic E-state index is 12.1. The molecule has 138 valence electrons. The van der Waals surface area contributed by atoms with Gasteiger partial charge >= 0.3 is 12.2 Å². The number of pyridine rings is 1. The summed E-state index contributed by atoms with van der Waals surface area (Å²) in [7, 11) is 0. The van der Waals surface area contributed by atoms with E-state index in [1.54, 1.807) is 20.8 Å². The highest BCUT2D eigenvalue weighted by molar-refractivity contribution is 5.70. The largest absolute Gasteiger partial charge is 0.509 e. The van der Waals surface area contributed by atoms with Crippen LogP contribution in [0.1, 0.15) is 31.9 Å². The molecule has 0 atom stereocenters. The molecular weight excluding hydrogens is 338 g/mol. The van der Waals surface area contributed by atoms with Gasteiger partial charge in [0.15, 0.2) is 5.43 Å². The van der Waals surface area contributed by atoms with Crippen molar-refractivity contribution in [1.29, 1.82) is 0 Å². The second-order valence-electron chi connectivity index (χ2n) is 6.53. The highest BCUT2D eigenvalue weighted by Gasteiger charge is 2.18. The molecule has 2 rings (SSSR count). The van der Waals surface area contributed by atoms with Gasteiger partial charge in [0.2, 0.25) is 0 Å². The van der Waals surface area contributed by atoms with Gasteiger partial charge in [0.25, 0.3) is 0 Å². The zero-order valence-electron chi connectivity index (χ0n) is 14.9. The minimum Gasteiger partial charge on any atom is -0.444 e. The lowest BCUT2D eigenvalue weighted by Gasteiger charge is -2.18. The highest BCUT2D eigenvalue weighted by atomic mass is 16.7. The van der Waals surface area contributed by atoms with Gasteiger partial charge in [-0.3, -0.25) is 9.36 Å². The predicted molar refractivity (Wildman–Crippen MR) is 93.8 cm³/mol. The van der Waals surface area contributed by atoms with Crippen LogP contribution in [0.5, 0.6) is 0 Å². The number of aromatic nitrogens is 1. The van der Waals surface area contributed by atoms with E-state index in [0.717, 1.165) is 10.1 Å². The monoisotopic (exact) mass is 359 g/mol. The summed E-state index contributed by atoms with van der Waals surface area (Å²) < 4.78 is 16.2. The fourth-order valence-corrected chi connectivity index (χ4v) is 1.96. The van der Waals surface area contributed by atoms with Crippen molar-refractivity contribution < 1.29 is 23.8 Å². The quantitative estimate of drug-likeness (QED) is 0.777. The SMILES string of the molecule is CC(C)(C)OC(=O)OCc1cn(C(=O)OCc2ccccc2)ccc1=O. The fourth-order valence-electron chi connectivity index (χ4n) is 1.96. The standard InChI is InChI=1S/C19H21NO6/c1-19(2,3)26-18(23)25-13-15-11-20(10-9-16(15)21)17(22)24-12-14-7-5-4-6-8-14/h4-11H,12-13H2,1-3H3. The number of hydrogen-bond acceptors (Lipinski definition) is 6. The third-order valence-corrected chi connectivity index (χ3v) is 3.15. The molecule has 7 nitrogen and oxygen atoms in total. The summed E-state index contributed by atoms with van der Waals surface area (Å²) in [4.78, 5) is 35.6. The van der Waals surface area contributed by atoms with E-state index >= 15 is 0 Å². The molecule has 0 fully saturated rings. The van der Waals surface area contributed by atoms with Crippen molar-refractivity contribution in [1.82, 2.24) is 4.57 Å². The van der Waals surface area contributed by atoms with Gasteiger partial charge in [-0.05, 0) is 26.3 Å². The Morgan fingerprint density at radius 3 is 2.35 bits per heavy atom. The number of carbonyl (C=O) groups is 2. The average Bonchev–Trinajstić information content (AvgIpc) is 2.58. The van der Waals surface area contributed by atoms with Crippen molar-refractivity contribution in [3.63, 3.8) is 0 Å². The van der Waals surface area contributed by atoms with Crippen molar-refractivity contribution in [2.24, 2.45) is 0 Å². The van der Waals surface area contributed by atoms with Crippen LogP contribution in [0.25, 0.3) is 0 Å². The molecule has 1 aromatic carbocycles. The predicted octanol–water partition coefficient (Wildman–Crippen LogP) is 3.48. The lowest BCUT2D eigenvalue weighted by atomic mass is 10.2. The molecule has 0 radical (unpaired) electrons. The molecule has 1 heterocycles. The summed E-state index contributed by atoms with van der Waals surface area (Å²) in [6, 6.07) is 10.4. The summed E-state index contributed by atoms with van der Waals surface area (Å²) in [5.74, 6) is 0. The van der Waals surface area contributed by atoms with Crippen molar-refractivity contribution >= 4 is 12.2 Å². The number of hydrogen-bond donors (Lipinski definition) is 0. The molecule has 0 amide bonds. The average molecular weight is 359 g/mol. The minimum absolute atomic E-state index is 0.107. The van der Waals surface area contributed by atoms with Crippen molar-refractivity contribution in [3.05, 3.63) is 70.1 Å². The highest BCUT2D eigenvalue weighted by Crippen LogP contribution is 2.09. The van der Waals surface area contributed by atoms with Gasteiger partial charge in [0, 0.05) is 18.5 Å². The Balaban J connectivity index is 1.98. The molecule has 0 unspecified atom stereocenters. The van der Waals surface area contributed by atoms with E-state index in [2.05, 4.69) is 0 Å². The van der Waals surface area contributed by atoms with Crippen LogP contribution in [0, 0.1) is 0 Å². The third-order valence-electron chi connectivity index (χ3n) is 3.15. The first-order valence-corrected chi connectivity index (χ1v) is 8.02. The number of ether oxygens (including phenoxy) is 3. The normalized spacial score (nSPS) is 10.9. The molecule has 0 saturated heterocycles. The van der Waals surface area contributed by atoms with Crippen LogP contribution in [-0.4, -0.2) is 22.4 Å². The Hall–Kier alpha value is -3.09. The number of benzene rings is 1. The maximum Gasteiger partial charge on any atom is 0.509 e. The minimum atomic E-state index is -0.890. The maximum atomic E-state index is 12.1. The summed E-state index contributed by atoms with van der Waals surface area (Å²) >= 11 is 0. The summed E-state index contributed by atoms with van der Waals surface area (Å²) in [6.07, 6.45) is 1.04. The van der Waals surface area contributed by atoms with E-state index in [4.69, 9.17) is 14.2 Å². The fraction of sp³-hybridized carbons (Fsp3) is 0.316. The molecule has 0 spiro atoms. The van der Waals surface area contributed by atoms with Crippen LogP contribution in [0.3, 0.4) is 0 Å². The molecule has 0 bridgehead atoms. The molecule has 0 aliphatic carbocycles. The Bertz CT molecular complexity index is 820. The van der Waals surface area contributed by atoms with Crippen molar-refractivity contribution in [3.8, 4) is 0 Å². The molecule has 2 aromatic rings. The van der Waals surface area contributed by atoms with Crippen LogP contribution in [0.15, 0.2) is 53.6 Å². The van der Waals surface area contributed by atoms with E-state index < -0.39 is 17.8 Å². The van der Waals surface area contributed by atoms with Crippen LogP contribution in [0.2, 0.25) is 0 Å². The van der Waals surface area contributed by atoms with Crippen LogP contribution in [-0.2, 0) is 27.4 Å². The smallest absolute Gasteiger partial charge is 0.444 e. The Morgan fingerprint density at radius 1 is 1.00 bits per heavy atom. The summed E-state index contributed by atoms with van der Waals surface area (Å²) in [5.41, 5.74) is -0.0825. The van der Waals surface area contributed by atoms with E-state index in [1.165, 1.54) is 18.5 Å². The number of rotatable bonds is 4. The van der Waals surface area contributed by atoms with E-state index in [9.17, 15) is 14.4 Å². The molecule has 0 saturated carbocycles. The van der Waals surface area contributed by atoms with Crippen molar-refractivity contribution in [2.75, 3.05) is 0 Å². The van der Waals surface area contributed by atoms with Crippen LogP contribution >= 0.6 is 0 Å². The zero-order chi connectivity index (χ0) is 19.2. The summed E-state index contributed by atoms with van der Waals surface area (Å²) in [6.45, 7) is 4.90. The second-order valence-corrected chi connectivity index (χ2v) is 6.53. The molecule has 0 N–H and O–H groups in total. The topological polar surface area (TPSA) is 83.8 Å².